The summed E-state index contributed by atoms with van der Waals surface area (Å²) in [5.74, 6) is 0. The number of rotatable bonds is 0. The Hall–Kier alpha value is -2.48. The lowest BCUT2D eigenvalue weighted by Crippen LogP contribution is -1.61. The minimum Gasteiger partial charge on any atom is -0.361 e. The molecule has 0 saturated carbocycles. The van der Waals surface area contributed by atoms with E-state index in [4.69, 9.17) is 0 Å². The topological polar surface area (TPSA) is 31.6 Å². The van der Waals surface area contributed by atoms with E-state index in [1.54, 1.807) is 0 Å². The van der Waals surface area contributed by atoms with Crippen LogP contribution >= 0.6 is 0 Å². The van der Waals surface area contributed by atoms with Crippen molar-refractivity contribution >= 4 is 21.8 Å². The summed E-state index contributed by atoms with van der Waals surface area (Å²) in [4.78, 5) is 6.24. The van der Waals surface area contributed by atoms with E-state index in [1.807, 2.05) is 92.0 Å². The van der Waals surface area contributed by atoms with Crippen LogP contribution in [0, 0.1) is 0 Å². The zero-order valence-corrected chi connectivity index (χ0v) is 17.9. The Bertz CT molecular complexity index is 624. The second kappa shape index (κ2) is 18.9. The molecule has 0 fully saturated rings. The standard InChI is InChI=1S/2C8H7N.4C2H6/c2*1-2-4-8-7(3-1)5-6-9-8;4*1-2/h2*1-6,9H;4*1-2H3. The highest BCUT2D eigenvalue weighted by Crippen LogP contribution is 2.09. The number of aromatic amines is 2. The van der Waals surface area contributed by atoms with Gasteiger partial charge in [-0.3, -0.25) is 0 Å². The Morgan fingerprint density at radius 2 is 0.731 bits per heavy atom. The van der Waals surface area contributed by atoms with E-state index in [1.165, 1.54) is 21.8 Å². The summed E-state index contributed by atoms with van der Waals surface area (Å²) in [5, 5.41) is 2.55. The smallest absolute Gasteiger partial charge is 0.0453 e. The maximum Gasteiger partial charge on any atom is 0.0453 e. The normalized spacial score (nSPS) is 8.00. The van der Waals surface area contributed by atoms with Crippen LogP contribution in [0.2, 0.25) is 0 Å². The lowest BCUT2D eigenvalue weighted by Gasteiger charge is -1.83. The second-order valence-electron chi connectivity index (χ2n) is 4.13. The lowest BCUT2D eigenvalue weighted by molar-refractivity contribution is 1.48. The molecule has 144 valence electrons. The summed E-state index contributed by atoms with van der Waals surface area (Å²) >= 11 is 0. The largest absolute Gasteiger partial charge is 0.361 e. The molecule has 0 amide bonds. The molecule has 4 aromatic rings. The van der Waals surface area contributed by atoms with Gasteiger partial charge in [0.25, 0.3) is 0 Å². The molecular formula is C24H38N2. The van der Waals surface area contributed by atoms with Crippen LogP contribution in [0.5, 0.6) is 0 Å². The zero-order valence-electron chi connectivity index (χ0n) is 17.9. The molecule has 0 atom stereocenters. The fourth-order valence-electron chi connectivity index (χ4n) is 1.99. The maximum absolute atomic E-state index is 3.12. The Labute approximate surface area is 160 Å². The zero-order chi connectivity index (χ0) is 20.2. The van der Waals surface area contributed by atoms with E-state index in [-0.39, 0.29) is 0 Å². The Kier molecular flexibility index (Phi) is 18.7. The maximum atomic E-state index is 3.12. The van der Waals surface area contributed by atoms with Gasteiger partial charge in [-0.15, -0.1) is 0 Å². The first-order chi connectivity index (χ1) is 12.9. The van der Waals surface area contributed by atoms with E-state index in [0.29, 0.717) is 0 Å². The van der Waals surface area contributed by atoms with Gasteiger partial charge in [0.05, 0.1) is 0 Å². The molecule has 0 bridgehead atoms. The van der Waals surface area contributed by atoms with E-state index in [0.717, 1.165) is 0 Å². The van der Waals surface area contributed by atoms with Crippen molar-refractivity contribution in [1.82, 2.24) is 9.97 Å². The molecule has 2 N–H and O–H groups in total. The molecule has 2 aromatic heterocycles. The van der Waals surface area contributed by atoms with Crippen molar-refractivity contribution in [3.8, 4) is 0 Å². The summed E-state index contributed by atoms with van der Waals surface area (Å²) in [6.07, 6.45) is 3.90. The SMILES string of the molecule is CC.CC.CC.CC.c1ccc2[nH]ccc2c1.c1ccc2[nH]ccc2c1. The van der Waals surface area contributed by atoms with Gasteiger partial charge in [-0.2, -0.15) is 0 Å². The highest BCUT2D eigenvalue weighted by molar-refractivity contribution is 5.79. The van der Waals surface area contributed by atoms with Crippen molar-refractivity contribution in [2.45, 2.75) is 55.4 Å². The van der Waals surface area contributed by atoms with Gasteiger partial charge in [0.2, 0.25) is 0 Å². The summed E-state index contributed by atoms with van der Waals surface area (Å²) in [6.45, 7) is 16.0. The molecule has 2 heterocycles. The first-order valence-electron chi connectivity index (χ1n) is 9.98. The Balaban J connectivity index is 0. The first kappa shape index (κ1) is 25.8. The molecule has 26 heavy (non-hydrogen) atoms. The molecular weight excluding hydrogens is 316 g/mol. The molecule has 2 heteroatoms. The van der Waals surface area contributed by atoms with Crippen LogP contribution in [0.4, 0.5) is 0 Å². The predicted molar refractivity (Wildman–Crippen MR) is 122 cm³/mol. The van der Waals surface area contributed by atoms with Gasteiger partial charge < -0.3 is 9.97 Å². The Morgan fingerprint density at radius 3 is 1.04 bits per heavy atom. The van der Waals surface area contributed by atoms with Gasteiger partial charge in [0, 0.05) is 23.4 Å². The number of fused-ring (bicyclic) bond motifs is 2. The van der Waals surface area contributed by atoms with E-state index < -0.39 is 0 Å². The summed E-state index contributed by atoms with van der Waals surface area (Å²) in [7, 11) is 0. The van der Waals surface area contributed by atoms with Crippen LogP contribution in [0.1, 0.15) is 55.4 Å². The number of para-hydroxylation sites is 2. The highest BCUT2D eigenvalue weighted by atomic mass is 14.7. The van der Waals surface area contributed by atoms with Crippen molar-refractivity contribution in [3.63, 3.8) is 0 Å². The van der Waals surface area contributed by atoms with Gasteiger partial charge in [-0.1, -0.05) is 91.8 Å². The minimum atomic E-state index is 1.21. The second-order valence-corrected chi connectivity index (χ2v) is 4.13. The average molecular weight is 355 g/mol. The predicted octanol–water partition coefficient (Wildman–Crippen LogP) is 8.44. The third-order valence-electron chi connectivity index (χ3n) is 2.93. The van der Waals surface area contributed by atoms with Crippen molar-refractivity contribution < 1.29 is 0 Å². The van der Waals surface area contributed by atoms with E-state index in [9.17, 15) is 0 Å². The molecule has 0 radical (unpaired) electrons. The minimum absolute atomic E-state index is 1.21. The quantitative estimate of drug-likeness (QED) is 0.317. The summed E-state index contributed by atoms with van der Waals surface area (Å²) < 4.78 is 0. The van der Waals surface area contributed by atoms with Crippen LogP contribution in [-0.4, -0.2) is 9.97 Å². The number of hydrogen-bond donors (Lipinski definition) is 2. The van der Waals surface area contributed by atoms with Crippen LogP contribution in [0.25, 0.3) is 21.8 Å². The fraction of sp³-hybridized carbons (Fsp3) is 0.333. The van der Waals surface area contributed by atoms with E-state index >= 15 is 0 Å². The highest BCUT2D eigenvalue weighted by Gasteiger charge is 1.87. The third-order valence-corrected chi connectivity index (χ3v) is 2.93. The van der Waals surface area contributed by atoms with Gasteiger partial charge in [0.15, 0.2) is 0 Å². The molecule has 0 aliphatic carbocycles. The monoisotopic (exact) mass is 354 g/mol. The number of nitrogens with one attached hydrogen (secondary N) is 2. The molecule has 0 unspecified atom stereocenters. The van der Waals surface area contributed by atoms with Crippen LogP contribution in [-0.2, 0) is 0 Å². The van der Waals surface area contributed by atoms with Crippen molar-refractivity contribution in [2.75, 3.05) is 0 Å². The van der Waals surface area contributed by atoms with E-state index in [2.05, 4.69) is 46.4 Å². The van der Waals surface area contributed by atoms with Crippen LogP contribution in [0.15, 0.2) is 73.1 Å². The summed E-state index contributed by atoms with van der Waals surface area (Å²) in [6, 6.07) is 20.6. The average Bonchev–Trinajstić information content (AvgIpc) is 3.44. The third kappa shape index (κ3) is 9.12. The molecule has 0 aliphatic heterocycles. The molecule has 0 saturated heterocycles. The van der Waals surface area contributed by atoms with Gasteiger partial charge in [0.1, 0.15) is 0 Å². The lowest BCUT2D eigenvalue weighted by atomic mass is 10.3. The van der Waals surface area contributed by atoms with Crippen LogP contribution < -0.4 is 0 Å². The van der Waals surface area contributed by atoms with Crippen molar-refractivity contribution in [3.05, 3.63) is 73.1 Å². The van der Waals surface area contributed by atoms with Gasteiger partial charge in [-0.05, 0) is 35.0 Å². The van der Waals surface area contributed by atoms with Crippen LogP contribution in [0.3, 0.4) is 0 Å². The first-order valence-corrected chi connectivity index (χ1v) is 9.98. The number of aromatic nitrogens is 2. The molecule has 4 rings (SSSR count). The van der Waals surface area contributed by atoms with Gasteiger partial charge in [-0.25, -0.2) is 0 Å². The Morgan fingerprint density at radius 1 is 0.423 bits per heavy atom. The summed E-state index contributed by atoms with van der Waals surface area (Å²) in [5.41, 5.74) is 2.41. The molecule has 0 aliphatic rings. The number of H-pyrrole nitrogens is 2. The van der Waals surface area contributed by atoms with Crippen molar-refractivity contribution in [2.24, 2.45) is 0 Å². The molecule has 2 aromatic carbocycles. The van der Waals surface area contributed by atoms with Gasteiger partial charge >= 0.3 is 0 Å². The van der Waals surface area contributed by atoms with Crippen molar-refractivity contribution in [1.29, 1.82) is 0 Å². The molecule has 0 spiro atoms. The molecule has 2 nitrogen and oxygen atoms in total. The number of hydrogen-bond acceptors (Lipinski definition) is 0. The number of benzene rings is 2. The fourth-order valence-corrected chi connectivity index (χ4v) is 1.99.